The number of nitrogens with zero attached hydrogens (tertiary/aromatic N) is 1. The van der Waals surface area contributed by atoms with Crippen molar-refractivity contribution >= 4 is 0 Å². The second kappa shape index (κ2) is 2.46. The number of hydrogen-bond donors (Lipinski definition) is 1. The van der Waals surface area contributed by atoms with Crippen LogP contribution in [-0.4, -0.2) is 36.6 Å². The Hall–Kier alpha value is -0.0800. The summed E-state index contributed by atoms with van der Waals surface area (Å²) in [6.45, 7) is 4.63. The number of nitrogens with one attached hydrogen (secondary N) is 1. The molecule has 11 heavy (non-hydrogen) atoms. The molecule has 0 saturated carbocycles. The van der Waals surface area contributed by atoms with Crippen LogP contribution in [0.15, 0.2) is 0 Å². The lowest BCUT2D eigenvalue weighted by molar-refractivity contribution is 0.191. The highest BCUT2D eigenvalue weighted by Gasteiger charge is 2.47. The molecule has 0 aromatic carbocycles. The molecule has 2 aliphatic heterocycles. The van der Waals surface area contributed by atoms with Crippen molar-refractivity contribution in [2.75, 3.05) is 20.1 Å². The minimum absolute atomic E-state index is 0.416. The van der Waals surface area contributed by atoms with E-state index in [2.05, 4.69) is 30.6 Å². The maximum absolute atomic E-state index is 3.54. The molecule has 2 aliphatic rings. The van der Waals surface area contributed by atoms with E-state index in [1.165, 1.54) is 25.9 Å². The van der Waals surface area contributed by atoms with Crippen molar-refractivity contribution in [1.29, 1.82) is 0 Å². The maximum Gasteiger partial charge on any atom is 0.0378 e. The highest BCUT2D eigenvalue weighted by atomic mass is 15.3. The summed E-state index contributed by atoms with van der Waals surface area (Å²) in [5, 5.41) is 3.54. The largest absolute Gasteiger partial charge is 0.311 e. The minimum atomic E-state index is 0.416. The molecule has 2 atom stereocenters. The number of rotatable bonds is 2. The van der Waals surface area contributed by atoms with Crippen LogP contribution in [0.25, 0.3) is 0 Å². The van der Waals surface area contributed by atoms with Crippen molar-refractivity contribution in [3.8, 4) is 0 Å². The highest BCUT2D eigenvalue weighted by molar-refractivity contribution is 5.14. The SMILES string of the molecule is CC[CH]C12CNC(CN1C)C2. The third kappa shape index (κ3) is 1.00. The molecule has 0 spiro atoms. The summed E-state index contributed by atoms with van der Waals surface area (Å²) in [6.07, 6.45) is 4.99. The van der Waals surface area contributed by atoms with Crippen molar-refractivity contribution in [2.45, 2.75) is 31.3 Å². The zero-order valence-corrected chi connectivity index (χ0v) is 7.43. The fourth-order valence-corrected chi connectivity index (χ4v) is 2.52. The summed E-state index contributed by atoms with van der Waals surface area (Å²) in [4.78, 5) is 2.50. The molecule has 2 nitrogen and oxygen atoms in total. The Labute approximate surface area is 69.0 Å². The van der Waals surface area contributed by atoms with Gasteiger partial charge < -0.3 is 5.32 Å². The van der Waals surface area contributed by atoms with Crippen LogP contribution in [0.4, 0.5) is 0 Å². The third-order valence-electron chi connectivity index (χ3n) is 3.14. The molecule has 0 aliphatic carbocycles. The third-order valence-corrected chi connectivity index (χ3v) is 3.14. The number of hydrogen-bond acceptors (Lipinski definition) is 2. The summed E-state index contributed by atoms with van der Waals surface area (Å²) in [5.41, 5.74) is 0.416. The lowest BCUT2D eigenvalue weighted by Crippen LogP contribution is -2.50. The van der Waals surface area contributed by atoms with Gasteiger partial charge in [0.15, 0.2) is 0 Å². The molecule has 0 aromatic heterocycles. The molecule has 2 fully saturated rings. The topological polar surface area (TPSA) is 15.3 Å². The standard InChI is InChI=1S/C9H17N2/c1-3-4-9-5-8(10-7-9)6-11(9)2/h4,8,10H,3,5-7H2,1-2H3. The molecule has 0 aromatic rings. The van der Waals surface area contributed by atoms with Crippen LogP contribution in [-0.2, 0) is 0 Å². The molecule has 0 amide bonds. The zero-order valence-electron chi connectivity index (χ0n) is 7.43. The summed E-state index contributed by atoms with van der Waals surface area (Å²) in [6, 6.07) is 0.766. The maximum atomic E-state index is 3.54. The first kappa shape index (κ1) is 7.56. The first-order chi connectivity index (χ1) is 5.27. The van der Waals surface area contributed by atoms with Crippen LogP contribution in [0.5, 0.6) is 0 Å². The molecular formula is C9H17N2. The van der Waals surface area contributed by atoms with Crippen molar-refractivity contribution in [3.05, 3.63) is 6.42 Å². The lowest BCUT2D eigenvalue weighted by atomic mass is 9.93. The van der Waals surface area contributed by atoms with Crippen LogP contribution in [0.1, 0.15) is 19.8 Å². The van der Waals surface area contributed by atoms with E-state index in [-0.39, 0.29) is 0 Å². The Morgan fingerprint density at radius 2 is 2.55 bits per heavy atom. The van der Waals surface area contributed by atoms with Gasteiger partial charge in [-0.05, 0) is 19.9 Å². The van der Waals surface area contributed by atoms with Crippen molar-refractivity contribution in [3.63, 3.8) is 0 Å². The first-order valence-electron chi connectivity index (χ1n) is 4.56. The summed E-state index contributed by atoms with van der Waals surface area (Å²) < 4.78 is 0. The molecular weight excluding hydrogens is 136 g/mol. The van der Waals surface area contributed by atoms with Crippen LogP contribution in [0.3, 0.4) is 0 Å². The molecule has 2 unspecified atom stereocenters. The van der Waals surface area contributed by atoms with Gasteiger partial charge in [0.2, 0.25) is 0 Å². The van der Waals surface area contributed by atoms with Gasteiger partial charge in [-0.25, -0.2) is 0 Å². The van der Waals surface area contributed by atoms with Gasteiger partial charge in [0, 0.05) is 24.7 Å². The van der Waals surface area contributed by atoms with E-state index in [4.69, 9.17) is 0 Å². The second-order valence-electron chi connectivity index (χ2n) is 3.88. The Bertz CT molecular complexity index is 158. The first-order valence-corrected chi connectivity index (χ1v) is 4.56. The number of fused-ring (bicyclic) bond motifs is 2. The van der Waals surface area contributed by atoms with Crippen LogP contribution in [0.2, 0.25) is 0 Å². The van der Waals surface area contributed by atoms with Gasteiger partial charge in [0.05, 0.1) is 0 Å². The minimum Gasteiger partial charge on any atom is -0.311 e. The summed E-state index contributed by atoms with van der Waals surface area (Å²) in [5.74, 6) is 0. The number of likely N-dealkylation sites (tertiary alicyclic amines) is 1. The molecule has 2 saturated heterocycles. The van der Waals surface area contributed by atoms with E-state index < -0.39 is 0 Å². The Balaban J connectivity index is 2.10. The molecule has 1 N–H and O–H groups in total. The molecule has 2 rings (SSSR count). The van der Waals surface area contributed by atoms with Crippen LogP contribution in [0, 0.1) is 6.42 Å². The molecule has 63 valence electrons. The average Bonchev–Trinajstić information content (AvgIpc) is 2.45. The Morgan fingerprint density at radius 1 is 1.73 bits per heavy atom. The quantitative estimate of drug-likeness (QED) is 0.626. The van der Waals surface area contributed by atoms with Gasteiger partial charge in [-0.3, -0.25) is 4.90 Å². The number of piperazine rings is 1. The molecule has 2 heterocycles. The summed E-state index contributed by atoms with van der Waals surface area (Å²) in [7, 11) is 2.24. The second-order valence-corrected chi connectivity index (χ2v) is 3.88. The molecule has 2 heteroatoms. The average molecular weight is 153 g/mol. The fourth-order valence-electron chi connectivity index (χ4n) is 2.52. The Morgan fingerprint density at radius 3 is 3.00 bits per heavy atom. The highest BCUT2D eigenvalue weighted by Crippen LogP contribution is 2.35. The van der Waals surface area contributed by atoms with Gasteiger partial charge in [0.1, 0.15) is 0 Å². The predicted molar refractivity (Wildman–Crippen MR) is 46.4 cm³/mol. The predicted octanol–water partition coefficient (Wildman–Crippen LogP) is 0.647. The molecule has 1 radical (unpaired) electrons. The van der Waals surface area contributed by atoms with Crippen LogP contribution >= 0.6 is 0 Å². The molecule has 2 bridgehead atoms. The lowest BCUT2D eigenvalue weighted by Gasteiger charge is -2.35. The van der Waals surface area contributed by atoms with E-state index in [1.54, 1.807) is 0 Å². The Kier molecular flexibility index (Phi) is 1.69. The van der Waals surface area contributed by atoms with E-state index in [9.17, 15) is 0 Å². The number of likely N-dealkylation sites (N-methyl/N-ethyl adjacent to an activating group) is 1. The van der Waals surface area contributed by atoms with Gasteiger partial charge in [-0.15, -0.1) is 0 Å². The van der Waals surface area contributed by atoms with Gasteiger partial charge in [-0.2, -0.15) is 0 Å². The van der Waals surface area contributed by atoms with E-state index in [0.29, 0.717) is 5.54 Å². The van der Waals surface area contributed by atoms with E-state index in [0.717, 1.165) is 6.04 Å². The zero-order chi connectivity index (χ0) is 7.90. The van der Waals surface area contributed by atoms with Gasteiger partial charge in [-0.1, -0.05) is 13.3 Å². The van der Waals surface area contributed by atoms with Gasteiger partial charge in [0.25, 0.3) is 0 Å². The summed E-state index contributed by atoms with van der Waals surface area (Å²) >= 11 is 0. The van der Waals surface area contributed by atoms with Crippen molar-refractivity contribution in [1.82, 2.24) is 10.2 Å². The van der Waals surface area contributed by atoms with Crippen molar-refractivity contribution < 1.29 is 0 Å². The smallest absolute Gasteiger partial charge is 0.0378 e. The van der Waals surface area contributed by atoms with Crippen LogP contribution < -0.4 is 5.32 Å². The van der Waals surface area contributed by atoms with E-state index >= 15 is 0 Å². The fraction of sp³-hybridized carbons (Fsp3) is 0.889. The van der Waals surface area contributed by atoms with Gasteiger partial charge >= 0.3 is 0 Å². The monoisotopic (exact) mass is 153 g/mol. The van der Waals surface area contributed by atoms with E-state index in [1.807, 2.05) is 0 Å². The van der Waals surface area contributed by atoms with Crippen molar-refractivity contribution in [2.24, 2.45) is 0 Å². The normalized spacial score (nSPS) is 43.6.